The number of nitrogens with two attached hydrogens (primary N) is 1. The fourth-order valence-corrected chi connectivity index (χ4v) is 3.93. The third-order valence-corrected chi connectivity index (χ3v) is 4.99. The molecule has 2 bridgehead atoms. The van der Waals surface area contributed by atoms with Gasteiger partial charge >= 0.3 is 0 Å². The van der Waals surface area contributed by atoms with Crippen molar-refractivity contribution < 1.29 is 4.74 Å². The maximum absolute atomic E-state index is 6.11. The zero-order valence-corrected chi connectivity index (χ0v) is 12.1. The molecule has 0 heterocycles. The molecule has 2 N–H and O–H groups in total. The Hall–Kier alpha value is -1.02. The van der Waals surface area contributed by atoms with E-state index in [0.29, 0.717) is 0 Å². The summed E-state index contributed by atoms with van der Waals surface area (Å²) in [7, 11) is 0. The minimum Gasteiger partial charge on any atom is -0.493 e. The second-order valence-electron chi connectivity index (χ2n) is 6.58. The monoisotopic (exact) mass is 259 g/mol. The lowest BCUT2D eigenvalue weighted by atomic mass is 9.89. The standard InChI is InChI=1S/C17H25NO/c1-11-3-6-17(16(7-11)12(2)18)19-10-15-9-13-4-5-14(15)8-13/h3,6-7,12-15H,4-5,8-10,18H2,1-2H3. The fraction of sp³-hybridized carbons (Fsp3) is 0.647. The van der Waals surface area contributed by atoms with E-state index in [9.17, 15) is 0 Å². The van der Waals surface area contributed by atoms with Crippen LogP contribution in [0.15, 0.2) is 18.2 Å². The number of benzene rings is 1. The highest BCUT2D eigenvalue weighted by atomic mass is 16.5. The van der Waals surface area contributed by atoms with Crippen molar-refractivity contribution in [3.63, 3.8) is 0 Å². The molecule has 2 saturated carbocycles. The van der Waals surface area contributed by atoms with Gasteiger partial charge in [-0.05, 0) is 56.9 Å². The van der Waals surface area contributed by atoms with Gasteiger partial charge in [0.15, 0.2) is 0 Å². The molecule has 0 radical (unpaired) electrons. The third kappa shape index (κ3) is 2.64. The number of ether oxygens (including phenoxy) is 1. The molecule has 2 aliphatic rings. The molecular formula is C17H25NO. The number of aryl methyl sites for hydroxylation is 1. The first-order chi connectivity index (χ1) is 9.13. The average molecular weight is 259 g/mol. The van der Waals surface area contributed by atoms with E-state index in [1.807, 2.05) is 6.92 Å². The lowest BCUT2D eigenvalue weighted by molar-refractivity contribution is 0.193. The van der Waals surface area contributed by atoms with Crippen LogP contribution in [0.3, 0.4) is 0 Å². The van der Waals surface area contributed by atoms with Crippen molar-refractivity contribution in [2.75, 3.05) is 6.61 Å². The van der Waals surface area contributed by atoms with Crippen LogP contribution in [0.25, 0.3) is 0 Å². The summed E-state index contributed by atoms with van der Waals surface area (Å²) in [6.45, 7) is 5.01. The van der Waals surface area contributed by atoms with E-state index in [1.54, 1.807) is 0 Å². The quantitative estimate of drug-likeness (QED) is 0.892. The van der Waals surface area contributed by atoms with Gasteiger partial charge in [-0.1, -0.05) is 24.1 Å². The Bertz CT molecular complexity index is 455. The number of hydrogen-bond donors (Lipinski definition) is 1. The summed E-state index contributed by atoms with van der Waals surface area (Å²) < 4.78 is 6.11. The highest BCUT2D eigenvalue weighted by Gasteiger charge is 2.39. The molecule has 3 rings (SSSR count). The predicted molar refractivity (Wildman–Crippen MR) is 78.2 cm³/mol. The van der Waals surface area contributed by atoms with Crippen LogP contribution in [0.5, 0.6) is 5.75 Å². The molecular weight excluding hydrogens is 234 g/mol. The fourth-order valence-electron chi connectivity index (χ4n) is 3.93. The highest BCUT2D eigenvalue weighted by molar-refractivity contribution is 5.38. The van der Waals surface area contributed by atoms with E-state index >= 15 is 0 Å². The van der Waals surface area contributed by atoms with Crippen LogP contribution in [0.1, 0.15) is 49.8 Å². The lowest BCUT2D eigenvalue weighted by Crippen LogP contribution is -2.19. The van der Waals surface area contributed by atoms with Gasteiger partial charge in [0, 0.05) is 11.6 Å². The molecule has 2 aliphatic carbocycles. The second-order valence-corrected chi connectivity index (χ2v) is 6.58. The van der Waals surface area contributed by atoms with Gasteiger partial charge in [-0.25, -0.2) is 0 Å². The van der Waals surface area contributed by atoms with Crippen molar-refractivity contribution in [1.29, 1.82) is 0 Å². The van der Waals surface area contributed by atoms with Crippen LogP contribution in [-0.2, 0) is 0 Å². The van der Waals surface area contributed by atoms with E-state index in [0.717, 1.165) is 35.7 Å². The van der Waals surface area contributed by atoms with Crippen LogP contribution in [0, 0.1) is 24.7 Å². The Kier molecular flexibility index (Phi) is 3.53. The zero-order chi connectivity index (χ0) is 13.4. The van der Waals surface area contributed by atoms with Gasteiger partial charge in [-0.3, -0.25) is 0 Å². The molecule has 0 aromatic heterocycles. The number of rotatable bonds is 4. The Morgan fingerprint density at radius 1 is 1.32 bits per heavy atom. The smallest absolute Gasteiger partial charge is 0.124 e. The first-order valence-electron chi connectivity index (χ1n) is 7.62. The van der Waals surface area contributed by atoms with Crippen LogP contribution < -0.4 is 10.5 Å². The summed E-state index contributed by atoms with van der Waals surface area (Å²) in [5.74, 6) is 3.68. The maximum atomic E-state index is 6.11. The van der Waals surface area contributed by atoms with Gasteiger partial charge in [0.1, 0.15) is 5.75 Å². The Morgan fingerprint density at radius 3 is 2.79 bits per heavy atom. The third-order valence-electron chi connectivity index (χ3n) is 4.99. The molecule has 4 unspecified atom stereocenters. The molecule has 0 saturated heterocycles. The normalized spacial score (nSPS) is 30.6. The van der Waals surface area contributed by atoms with Crippen LogP contribution >= 0.6 is 0 Å². The van der Waals surface area contributed by atoms with Crippen molar-refractivity contribution in [2.45, 2.75) is 45.6 Å². The molecule has 0 amide bonds. The maximum Gasteiger partial charge on any atom is 0.124 e. The molecule has 19 heavy (non-hydrogen) atoms. The Morgan fingerprint density at radius 2 is 2.16 bits per heavy atom. The van der Waals surface area contributed by atoms with Crippen molar-refractivity contribution >= 4 is 0 Å². The summed E-state index contributed by atoms with van der Waals surface area (Å²) in [4.78, 5) is 0. The molecule has 1 aromatic rings. The molecule has 2 nitrogen and oxygen atoms in total. The van der Waals surface area contributed by atoms with E-state index in [-0.39, 0.29) is 6.04 Å². The van der Waals surface area contributed by atoms with Crippen molar-refractivity contribution in [3.8, 4) is 5.75 Å². The largest absolute Gasteiger partial charge is 0.493 e. The first kappa shape index (κ1) is 13.0. The number of hydrogen-bond acceptors (Lipinski definition) is 2. The van der Waals surface area contributed by atoms with Crippen molar-refractivity contribution in [2.24, 2.45) is 23.5 Å². The Balaban J connectivity index is 1.66. The average Bonchev–Trinajstić information content (AvgIpc) is 2.99. The SMILES string of the molecule is Cc1ccc(OCC2CC3CCC2C3)c(C(C)N)c1. The minimum absolute atomic E-state index is 0.0370. The van der Waals surface area contributed by atoms with E-state index < -0.39 is 0 Å². The van der Waals surface area contributed by atoms with Crippen LogP contribution in [-0.4, -0.2) is 6.61 Å². The van der Waals surface area contributed by atoms with Crippen LogP contribution in [0.2, 0.25) is 0 Å². The summed E-state index contributed by atoms with van der Waals surface area (Å²) in [6.07, 6.45) is 5.70. The summed E-state index contributed by atoms with van der Waals surface area (Å²) in [6, 6.07) is 6.39. The molecule has 104 valence electrons. The molecule has 4 atom stereocenters. The van der Waals surface area contributed by atoms with Crippen molar-refractivity contribution in [1.82, 2.24) is 0 Å². The Labute approximate surface area is 116 Å². The molecule has 0 aliphatic heterocycles. The number of fused-ring (bicyclic) bond motifs is 2. The van der Waals surface area contributed by atoms with Gasteiger partial charge < -0.3 is 10.5 Å². The molecule has 1 aromatic carbocycles. The summed E-state index contributed by atoms with van der Waals surface area (Å²) in [5.41, 5.74) is 8.44. The lowest BCUT2D eigenvalue weighted by Gasteiger charge is -2.23. The zero-order valence-electron chi connectivity index (χ0n) is 12.1. The first-order valence-corrected chi connectivity index (χ1v) is 7.62. The van der Waals surface area contributed by atoms with Gasteiger partial charge in [0.25, 0.3) is 0 Å². The molecule has 0 spiro atoms. The minimum atomic E-state index is 0.0370. The summed E-state index contributed by atoms with van der Waals surface area (Å²) in [5, 5.41) is 0. The van der Waals surface area contributed by atoms with Gasteiger partial charge in [-0.2, -0.15) is 0 Å². The molecule has 2 heteroatoms. The van der Waals surface area contributed by atoms with Gasteiger partial charge in [0.2, 0.25) is 0 Å². The molecule has 2 fully saturated rings. The van der Waals surface area contributed by atoms with Gasteiger partial charge in [0.05, 0.1) is 6.61 Å². The van der Waals surface area contributed by atoms with E-state index in [2.05, 4.69) is 25.1 Å². The van der Waals surface area contributed by atoms with Crippen LogP contribution in [0.4, 0.5) is 0 Å². The highest BCUT2D eigenvalue weighted by Crippen LogP contribution is 2.48. The van der Waals surface area contributed by atoms with E-state index in [1.165, 1.54) is 31.2 Å². The van der Waals surface area contributed by atoms with Gasteiger partial charge in [-0.15, -0.1) is 0 Å². The second kappa shape index (κ2) is 5.16. The van der Waals surface area contributed by atoms with Crippen molar-refractivity contribution in [3.05, 3.63) is 29.3 Å². The van der Waals surface area contributed by atoms with E-state index in [4.69, 9.17) is 10.5 Å². The topological polar surface area (TPSA) is 35.2 Å². The summed E-state index contributed by atoms with van der Waals surface area (Å²) >= 11 is 0. The predicted octanol–water partition coefficient (Wildman–Crippen LogP) is 3.83.